The van der Waals surface area contributed by atoms with Crippen LogP contribution in [-0.4, -0.2) is 35.5 Å². The normalized spacial score (nSPS) is 20.5. The Kier molecular flexibility index (Phi) is 5.46. The summed E-state index contributed by atoms with van der Waals surface area (Å²) in [6.07, 6.45) is 0. The van der Waals surface area contributed by atoms with E-state index in [2.05, 4.69) is 10.5 Å². The smallest absolute Gasteiger partial charge is 0.338 e. The number of benzene rings is 2. The molecule has 7 nitrogen and oxygen atoms in total. The Morgan fingerprint density at radius 2 is 1.79 bits per heavy atom. The van der Waals surface area contributed by atoms with Gasteiger partial charge in [0.25, 0.3) is 5.78 Å². The maximum atomic E-state index is 12.8. The quantitative estimate of drug-likeness (QED) is 0.474. The highest BCUT2D eigenvalue weighted by Crippen LogP contribution is 2.33. The maximum Gasteiger partial charge on any atom is 0.338 e. The number of carbonyl (C=O) groups is 3. The zero-order chi connectivity index (χ0) is 20.3. The summed E-state index contributed by atoms with van der Waals surface area (Å²) in [6.45, 7) is 3.17. The number of hydrazone groups is 1. The molecule has 1 saturated heterocycles. The highest BCUT2D eigenvalue weighted by atomic mass is 35.5. The zero-order valence-electron chi connectivity index (χ0n) is 15.3. The number of Topliss-reactive ketones (excluding diaryl/α,β-unsaturated/α-hetero) is 1. The minimum absolute atomic E-state index is 0.0880. The number of anilines is 2. The van der Waals surface area contributed by atoms with E-state index in [4.69, 9.17) is 16.3 Å². The van der Waals surface area contributed by atoms with Crippen molar-refractivity contribution in [3.05, 3.63) is 59.6 Å². The number of ether oxygens (including phenoxy) is 1. The van der Waals surface area contributed by atoms with Crippen molar-refractivity contribution in [1.82, 2.24) is 0 Å². The van der Waals surface area contributed by atoms with E-state index >= 15 is 0 Å². The average molecular weight is 400 g/mol. The standard InChI is InChI=1S/C20H18ClN3O4/c1-3-28-19(27)20(2)17(23-22-15-12-8-7-11-14(15)21)16(25)18(26)24(20)13-9-5-4-6-10-13/h4-12,22H,3H2,1-2H3/b23-17+/t20-/m0/s1. The lowest BCUT2D eigenvalue weighted by Crippen LogP contribution is -2.55. The van der Waals surface area contributed by atoms with Crippen LogP contribution in [0.2, 0.25) is 5.02 Å². The van der Waals surface area contributed by atoms with E-state index in [1.807, 2.05) is 0 Å². The lowest BCUT2D eigenvalue weighted by atomic mass is 9.95. The SMILES string of the molecule is CCOC(=O)[C@]1(C)/C(=N/Nc2ccccc2Cl)C(=O)C(=O)N1c1ccccc1. The predicted molar refractivity (Wildman–Crippen MR) is 106 cm³/mol. The summed E-state index contributed by atoms with van der Waals surface area (Å²) in [5, 5.41) is 4.46. The van der Waals surface area contributed by atoms with Crippen LogP contribution in [-0.2, 0) is 19.1 Å². The first-order valence-electron chi connectivity index (χ1n) is 8.61. The molecule has 1 amide bonds. The minimum atomic E-state index is -1.72. The van der Waals surface area contributed by atoms with Crippen LogP contribution in [0.3, 0.4) is 0 Å². The van der Waals surface area contributed by atoms with Crippen molar-refractivity contribution >= 4 is 46.3 Å². The average Bonchev–Trinajstić information content (AvgIpc) is 2.89. The van der Waals surface area contributed by atoms with Gasteiger partial charge in [0.1, 0.15) is 0 Å². The molecule has 0 saturated carbocycles. The second kappa shape index (κ2) is 7.82. The van der Waals surface area contributed by atoms with Crippen molar-refractivity contribution in [3.8, 4) is 0 Å². The molecule has 1 fully saturated rings. The van der Waals surface area contributed by atoms with Crippen LogP contribution >= 0.6 is 11.6 Å². The third-order valence-corrected chi connectivity index (χ3v) is 4.70. The predicted octanol–water partition coefficient (Wildman–Crippen LogP) is 3.05. The van der Waals surface area contributed by atoms with Gasteiger partial charge in [-0.2, -0.15) is 5.10 Å². The van der Waals surface area contributed by atoms with Gasteiger partial charge in [-0.1, -0.05) is 41.9 Å². The van der Waals surface area contributed by atoms with Gasteiger partial charge in [0.15, 0.2) is 11.3 Å². The summed E-state index contributed by atoms with van der Waals surface area (Å²) in [6, 6.07) is 15.2. The van der Waals surface area contributed by atoms with E-state index < -0.39 is 23.2 Å². The van der Waals surface area contributed by atoms with E-state index in [1.54, 1.807) is 61.5 Å². The molecule has 8 heteroatoms. The molecule has 0 unspecified atom stereocenters. The van der Waals surface area contributed by atoms with Crippen LogP contribution in [0.4, 0.5) is 11.4 Å². The lowest BCUT2D eigenvalue weighted by Gasteiger charge is -2.31. The summed E-state index contributed by atoms with van der Waals surface area (Å²) in [7, 11) is 0. The van der Waals surface area contributed by atoms with Gasteiger partial charge in [-0.05, 0) is 38.1 Å². The number of rotatable bonds is 5. The molecule has 1 N–H and O–H groups in total. The van der Waals surface area contributed by atoms with Gasteiger partial charge in [0, 0.05) is 5.69 Å². The maximum absolute atomic E-state index is 12.8. The first kappa shape index (κ1) is 19.6. The molecule has 3 rings (SSSR count). The van der Waals surface area contributed by atoms with E-state index in [9.17, 15) is 14.4 Å². The minimum Gasteiger partial charge on any atom is -0.464 e. The molecule has 1 aliphatic rings. The Morgan fingerprint density at radius 3 is 2.43 bits per heavy atom. The van der Waals surface area contributed by atoms with Gasteiger partial charge >= 0.3 is 11.9 Å². The number of halogens is 1. The summed E-state index contributed by atoms with van der Waals surface area (Å²) in [5.74, 6) is -2.50. The molecule has 2 aromatic carbocycles. The lowest BCUT2D eigenvalue weighted by molar-refractivity contribution is -0.147. The van der Waals surface area contributed by atoms with Crippen LogP contribution in [0.15, 0.2) is 59.7 Å². The van der Waals surface area contributed by atoms with E-state index in [-0.39, 0.29) is 12.3 Å². The van der Waals surface area contributed by atoms with Crippen molar-refractivity contribution in [1.29, 1.82) is 0 Å². The number of esters is 1. The van der Waals surface area contributed by atoms with Crippen LogP contribution in [0.25, 0.3) is 0 Å². The first-order chi connectivity index (χ1) is 13.4. The van der Waals surface area contributed by atoms with Gasteiger partial charge in [-0.15, -0.1) is 0 Å². The number of nitrogens with one attached hydrogen (secondary N) is 1. The van der Waals surface area contributed by atoms with Crippen molar-refractivity contribution in [2.24, 2.45) is 5.10 Å². The first-order valence-corrected chi connectivity index (χ1v) is 8.99. The number of hydrogen-bond acceptors (Lipinski definition) is 6. The largest absolute Gasteiger partial charge is 0.464 e. The number of amides is 1. The van der Waals surface area contributed by atoms with Crippen LogP contribution < -0.4 is 10.3 Å². The molecular formula is C20H18ClN3O4. The fourth-order valence-corrected chi connectivity index (χ4v) is 3.15. The van der Waals surface area contributed by atoms with Gasteiger partial charge < -0.3 is 4.74 Å². The van der Waals surface area contributed by atoms with Gasteiger partial charge in [-0.3, -0.25) is 19.9 Å². The van der Waals surface area contributed by atoms with Crippen LogP contribution in [0.5, 0.6) is 0 Å². The van der Waals surface area contributed by atoms with Crippen molar-refractivity contribution < 1.29 is 19.1 Å². The number of carbonyl (C=O) groups excluding carboxylic acids is 3. The summed E-state index contributed by atoms with van der Waals surface area (Å²) >= 11 is 6.10. The number of para-hydroxylation sites is 2. The molecular weight excluding hydrogens is 382 g/mol. The summed E-state index contributed by atoms with van der Waals surface area (Å²) < 4.78 is 5.16. The molecule has 0 aromatic heterocycles. The fraction of sp³-hybridized carbons (Fsp3) is 0.200. The Morgan fingerprint density at radius 1 is 1.14 bits per heavy atom. The topological polar surface area (TPSA) is 88.1 Å². The van der Waals surface area contributed by atoms with Gasteiger partial charge in [-0.25, -0.2) is 4.79 Å². The molecule has 1 heterocycles. The number of ketones is 1. The third kappa shape index (κ3) is 3.25. The van der Waals surface area contributed by atoms with Gasteiger partial charge in [0.2, 0.25) is 0 Å². The number of nitrogens with zero attached hydrogens (tertiary/aromatic N) is 2. The highest BCUT2D eigenvalue weighted by Gasteiger charge is 2.60. The van der Waals surface area contributed by atoms with Crippen LogP contribution in [0.1, 0.15) is 13.8 Å². The Hall–Kier alpha value is -3.19. The van der Waals surface area contributed by atoms with Crippen LogP contribution in [0, 0.1) is 0 Å². The molecule has 0 aliphatic carbocycles. The molecule has 0 bridgehead atoms. The van der Waals surface area contributed by atoms with E-state index in [0.717, 1.165) is 4.90 Å². The number of hydrogen-bond donors (Lipinski definition) is 1. The zero-order valence-corrected chi connectivity index (χ0v) is 16.1. The summed E-state index contributed by atoms with van der Waals surface area (Å²) in [4.78, 5) is 39.4. The van der Waals surface area contributed by atoms with Crippen molar-refractivity contribution in [2.75, 3.05) is 16.9 Å². The molecule has 0 radical (unpaired) electrons. The molecule has 0 spiro atoms. The summed E-state index contributed by atoms with van der Waals surface area (Å²) in [5.41, 5.74) is 1.51. The molecule has 1 aliphatic heterocycles. The molecule has 28 heavy (non-hydrogen) atoms. The van der Waals surface area contributed by atoms with E-state index in [1.165, 1.54) is 6.92 Å². The van der Waals surface area contributed by atoms with E-state index in [0.29, 0.717) is 16.4 Å². The molecule has 2 aromatic rings. The Bertz CT molecular complexity index is 961. The Labute approximate surface area is 166 Å². The van der Waals surface area contributed by atoms with Crippen molar-refractivity contribution in [2.45, 2.75) is 19.4 Å². The fourth-order valence-electron chi connectivity index (χ4n) is 2.97. The Balaban J connectivity index is 2.10. The highest BCUT2D eigenvalue weighted by molar-refractivity contribution is 6.75. The molecule has 144 valence electrons. The molecule has 1 atom stereocenters. The van der Waals surface area contributed by atoms with Crippen molar-refractivity contribution in [3.63, 3.8) is 0 Å². The second-order valence-corrected chi connectivity index (χ2v) is 6.56. The van der Waals surface area contributed by atoms with Gasteiger partial charge in [0.05, 0.1) is 17.3 Å². The monoisotopic (exact) mass is 399 g/mol. The third-order valence-electron chi connectivity index (χ3n) is 4.37. The second-order valence-electron chi connectivity index (χ2n) is 6.15.